The van der Waals surface area contributed by atoms with Crippen molar-refractivity contribution < 1.29 is 9.30 Å². The Kier molecular flexibility index (Phi) is 6.90. The summed E-state index contributed by atoms with van der Waals surface area (Å²) < 4.78 is 8.06. The smallest absolute Gasteiger partial charge is 0.222 e. The summed E-state index contributed by atoms with van der Waals surface area (Å²) in [6.45, 7) is 15.9. The number of benzene rings is 4. The Hall–Kier alpha value is -2.88. The van der Waals surface area contributed by atoms with Gasteiger partial charge in [0.1, 0.15) is 7.05 Å². The lowest BCUT2D eigenvalue weighted by atomic mass is 9.84. The van der Waals surface area contributed by atoms with E-state index in [0.29, 0.717) is 11.8 Å². The minimum Gasteiger partial charge on any atom is -0.381 e. The van der Waals surface area contributed by atoms with Gasteiger partial charge in [-0.25, -0.2) is 4.57 Å². The minimum atomic E-state index is 0.258. The monoisotopic (exact) mass is 574 g/mol. The topological polar surface area (TPSA) is 13.1 Å². The van der Waals surface area contributed by atoms with Crippen LogP contribution in [0.3, 0.4) is 0 Å². The second-order valence-corrected chi connectivity index (χ2v) is 15.5. The lowest BCUT2D eigenvalue weighted by molar-refractivity contribution is -0.659. The van der Waals surface area contributed by atoms with Crippen LogP contribution in [0.1, 0.15) is 75.6 Å². The highest BCUT2D eigenvalue weighted by atomic mass is 32.2. The molecule has 0 bridgehead atoms. The molecule has 0 aliphatic carbocycles. The Morgan fingerprint density at radius 2 is 1.71 bits per heavy atom. The van der Waals surface area contributed by atoms with Crippen LogP contribution in [-0.4, -0.2) is 13.2 Å². The van der Waals surface area contributed by atoms with E-state index in [-0.39, 0.29) is 5.41 Å². The standard InChI is InChI=1S/C39H44NOS/c1-23(2)18-33-29-11-8-25(22-39(4,5)6)19-31(29)24(3)35-37-36-30(12-15-40(37)7)32-20-27(26-13-16-41-17-14-26)9-10-28(32)21-34(36)42-38(33)35/h8-12,15,19-21,23,26H,13-14,16-18,22H2,1-7H3/q+1. The van der Waals surface area contributed by atoms with Crippen molar-refractivity contribution in [1.82, 2.24) is 0 Å². The molecule has 0 atom stereocenters. The van der Waals surface area contributed by atoms with E-state index >= 15 is 0 Å². The first kappa shape index (κ1) is 27.9. The molecule has 1 aromatic heterocycles. The van der Waals surface area contributed by atoms with Gasteiger partial charge < -0.3 is 4.74 Å². The summed E-state index contributed by atoms with van der Waals surface area (Å²) in [5, 5.41) is 8.39. The van der Waals surface area contributed by atoms with E-state index in [2.05, 4.69) is 108 Å². The van der Waals surface area contributed by atoms with Gasteiger partial charge >= 0.3 is 0 Å². The predicted octanol–water partition coefficient (Wildman–Crippen LogP) is 10.1. The van der Waals surface area contributed by atoms with E-state index in [1.807, 2.05) is 11.8 Å². The number of nitrogens with zero attached hydrogens (tertiary/aromatic N) is 1. The molecular formula is C39H44NOS+. The summed E-state index contributed by atoms with van der Waals surface area (Å²) in [4.78, 5) is 2.86. The van der Waals surface area contributed by atoms with Crippen LogP contribution in [-0.2, 0) is 24.6 Å². The van der Waals surface area contributed by atoms with Crippen molar-refractivity contribution >= 4 is 44.1 Å². The highest BCUT2D eigenvalue weighted by molar-refractivity contribution is 8.00. The van der Waals surface area contributed by atoms with Crippen molar-refractivity contribution in [3.05, 3.63) is 77.0 Å². The number of aromatic nitrogens is 1. The van der Waals surface area contributed by atoms with Crippen LogP contribution in [0, 0.1) is 18.3 Å². The molecule has 0 amide bonds. The molecule has 0 radical (unpaired) electrons. The van der Waals surface area contributed by atoms with Crippen molar-refractivity contribution in [3.8, 4) is 11.3 Å². The van der Waals surface area contributed by atoms with Gasteiger partial charge in [0.2, 0.25) is 5.69 Å². The molecule has 0 unspecified atom stereocenters. The molecule has 0 spiro atoms. The Labute approximate surface area is 255 Å². The normalized spacial score (nSPS) is 15.7. The highest BCUT2D eigenvalue weighted by Crippen LogP contribution is 2.53. The van der Waals surface area contributed by atoms with Gasteiger partial charge in [0.15, 0.2) is 6.20 Å². The van der Waals surface area contributed by atoms with Gasteiger partial charge in [-0.05, 0) is 99.7 Å². The van der Waals surface area contributed by atoms with Crippen LogP contribution < -0.4 is 4.57 Å². The third-order valence-corrected chi connectivity index (χ3v) is 10.6. The molecule has 3 heteroatoms. The summed E-state index contributed by atoms with van der Waals surface area (Å²) in [6.07, 6.45) is 6.70. The maximum atomic E-state index is 5.68. The first-order valence-corrected chi connectivity index (χ1v) is 16.6. The molecule has 2 aliphatic heterocycles. The van der Waals surface area contributed by atoms with Gasteiger partial charge in [-0.3, -0.25) is 0 Å². The maximum Gasteiger partial charge on any atom is 0.222 e. The lowest BCUT2D eigenvalue weighted by Gasteiger charge is -2.27. The van der Waals surface area contributed by atoms with Crippen LogP contribution in [0.2, 0.25) is 0 Å². The lowest BCUT2D eigenvalue weighted by Crippen LogP contribution is -2.32. The second-order valence-electron chi connectivity index (χ2n) is 14.4. The van der Waals surface area contributed by atoms with Gasteiger partial charge in [-0.1, -0.05) is 82.8 Å². The Morgan fingerprint density at radius 3 is 2.45 bits per heavy atom. The summed E-state index contributed by atoms with van der Waals surface area (Å²) in [6, 6.07) is 19.4. The molecule has 0 N–H and O–H groups in total. The number of hydrogen-bond donors (Lipinski definition) is 0. The summed E-state index contributed by atoms with van der Waals surface area (Å²) in [7, 11) is 2.24. The summed E-state index contributed by atoms with van der Waals surface area (Å²) >= 11 is 2.01. The average molecular weight is 575 g/mol. The largest absolute Gasteiger partial charge is 0.381 e. The molecule has 7 rings (SSSR count). The number of aryl methyl sites for hydroxylation is 2. The maximum absolute atomic E-state index is 5.68. The molecule has 2 nitrogen and oxygen atoms in total. The molecule has 5 aromatic rings. The number of rotatable bonds is 4. The third kappa shape index (κ3) is 4.74. The van der Waals surface area contributed by atoms with Gasteiger partial charge in [0.05, 0.1) is 10.9 Å². The van der Waals surface area contributed by atoms with E-state index in [9.17, 15) is 0 Å². The highest BCUT2D eigenvalue weighted by Gasteiger charge is 2.33. The van der Waals surface area contributed by atoms with E-state index in [4.69, 9.17) is 4.74 Å². The number of ether oxygens (including phenoxy) is 1. The fourth-order valence-corrected chi connectivity index (χ4v) is 8.90. The average Bonchev–Trinajstić information content (AvgIpc) is 2.95. The number of pyridine rings is 1. The van der Waals surface area contributed by atoms with Crippen molar-refractivity contribution in [1.29, 1.82) is 0 Å². The third-order valence-electron chi connectivity index (χ3n) is 9.40. The second kappa shape index (κ2) is 10.4. The SMILES string of the molecule is Cc1c2c(c(CC(C)C)c3ccc(CC(C)(C)C)cc13)Sc1cc3ccc(C4CCOCC4)cc3c3cc[n+](C)c-2c13. The summed E-state index contributed by atoms with van der Waals surface area (Å²) in [5.74, 6) is 1.18. The molecule has 0 saturated carbocycles. The van der Waals surface area contributed by atoms with Crippen molar-refractivity contribution in [2.45, 2.75) is 82.9 Å². The molecule has 2 aliphatic rings. The Bertz CT molecular complexity index is 1870. The molecule has 3 heterocycles. The van der Waals surface area contributed by atoms with Gasteiger partial charge in [0.25, 0.3) is 0 Å². The van der Waals surface area contributed by atoms with Crippen molar-refractivity contribution in [3.63, 3.8) is 0 Å². The fourth-order valence-electron chi connectivity index (χ4n) is 7.52. The van der Waals surface area contributed by atoms with Crippen LogP contribution in [0.25, 0.3) is 43.6 Å². The minimum absolute atomic E-state index is 0.258. The van der Waals surface area contributed by atoms with Gasteiger partial charge in [-0.2, -0.15) is 0 Å². The van der Waals surface area contributed by atoms with Crippen LogP contribution in [0.4, 0.5) is 0 Å². The zero-order valence-corrected chi connectivity index (χ0v) is 27.2. The van der Waals surface area contributed by atoms with E-state index in [1.165, 1.54) is 75.6 Å². The molecule has 1 saturated heterocycles. The predicted molar refractivity (Wildman–Crippen MR) is 179 cm³/mol. The number of fused-ring (bicyclic) bond motifs is 5. The Morgan fingerprint density at radius 1 is 0.929 bits per heavy atom. The van der Waals surface area contributed by atoms with E-state index in [0.717, 1.165) is 38.9 Å². The quantitative estimate of drug-likeness (QED) is 0.153. The zero-order valence-electron chi connectivity index (χ0n) is 26.4. The van der Waals surface area contributed by atoms with Crippen molar-refractivity contribution in [2.75, 3.05) is 13.2 Å². The number of hydrogen-bond acceptors (Lipinski definition) is 2. The molecular weight excluding hydrogens is 531 g/mol. The Balaban J connectivity index is 1.52. The van der Waals surface area contributed by atoms with Gasteiger partial charge in [-0.15, -0.1) is 0 Å². The van der Waals surface area contributed by atoms with Crippen LogP contribution in [0.5, 0.6) is 0 Å². The first-order valence-electron chi connectivity index (χ1n) is 15.8. The van der Waals surface area contributed by atoms with E-state index in [1.54, 1.807) is 0 Å². The van der Waals surface area contributed by atoms with Gasteiger partial charge in [0, 0.05) is 34.5 Å². The van der Waals surface area contributed by atoms with E-state index < -0.39 is 0 Å². The van der Waals surface area contributed by atoms with Crippen molar-refractivity contribution in [2.24, 2.45) is 18.4 Å². The summed E-state index contributed by atoms with van der Waals surface area (Å²) in [5.41, 5.74) is 8.91. The van der Waals surface area contributed by atoms with Crippen LogP contribution >= 0.6 is 11.8 Å². The first-order chi connectivity index (χ1) is 20.1. The molecule has 4 aromatic carbocycles. The van der Waals surface area contributed by atoms with Crippen LogP contribution in [0.15, 0.2) is 64.5 Å². The molecule has 1 fully saturated rings. The molecule has 42 heavy (non-hydrogen) atoms. The fraction of sp³-hybridized carbons (Fsp3) is 0.410. The zero-order chi connectivity index (χ0) is 29.3. The molecule has 216 valence electrons.